The van der Waals surface area contributed by atoms with Crippen molar-refractivity contribution in [2.24, 2.45) is 17.8 Å². The molecule has 3 heterocycles. The smallest absolute Gasteiger partial charge is 0.264 e. The average molecular weight is 684 g/mol. The Morgan fingerprint density at radius 3 is 2.55 bits per heavy atom. The van der Waals surface area contributed by atoms with Gasteiger partial charge in [0.2, 0.25) is 10.0 Å². The molecule has 9 nitrogen and oxygen atoms in total. The van der Waals surface area contributed by atoms with E-state index >= 15 is 0 Å². The average Bonchev–Trinajstić information content (AvgIpc) is 3.20. The minimum absolute atomic E-state index is 0.0666. The van der Waals surface area contributed by atoms with E-state index in [0.29, 0.717) is 31.9 Å². The van der Waals surface area contributed by atoms with E-state index in [1.54, 1.807) is 37.3 Å². The van der Waals surface area contributed by atoms with Crippen LogP contribution in [0, 0.1) is 17.8 Å². The highest BCUT2D eigenvalue weighted by Gasteiger charge is 2.44. The van der Waals surface area contributed by atoms with Gasteiger partial charge in [-0.15, -0.1) is 0 Å². The molecule has 2 aromatic carbocycles. The molecular weight excluding hydrogens is 638 g/mol. The fourth-order valence-corrected chi connectivity index (χ4v) is 9.00. The highest BCUT2D eigenvalue weighted by atomic mass is 35.5. The minimum atomic E-state index is -3.93. The number of hydrogen-bond acceptors (Lipinski definition) is 8. The number of ether oxygens (including phenoxy) is 2. The van der Waals surface area contributed by atoms with E-state index in [9.17, 15) is 18.0 Å². The van der Waals surface area contributed by atoms with Crippen LogP contribution in [0.4, 0.5) is 5.69 Å². The molecule has 5 aliphatic rings. The summed E-state index contributed by atoms with van der Waals surface area (Å²) < 4.78 is 40.0. The Bertz CT molecular complexity index is 1610. The first-order valence-electron chi connectivity index (χ1n) is 16.9. The van der Waals surface area contributed by atoms with E-state index in [0.717, 1.165) is 69.1 Å². The summed E-state index contributed by atoms with van der Waals surface area (Å²) in [4.78, 5) is 28.8. The van der Waals surface area contributed by atoms with Gasteiger partial charge in [-0.2, -0.15) is 0 Å². The zero-order valence-corrected chi connectivity index (χ0v) is 28.9. The molecule has 2 bridgehead atoms. The van der Waals surface area contributed by atoms with E-state index in [1.807, 2.05) is 13.0 Å². The van der Waals surface area contributed by atoms with Gasteiger partial charge in [0, 0.05) is 48.1 Å². The molecule has 0 aromatic heterocycles. The van der Waals surface area contributed by atoms with Gasteiger partial charge >= 0.3 is 0 Å². The number of carbonyl (C=O) groups is 2. The van der Waals surface area contributed by atoms with Crippen LogP contribution < -0.4 is 19.7 Å². The summed E-state index contributed by atoms with van der Waals surface area (Å²) in [5, 5.41) is 3.07. The van der Waals surface area contributed by atoms with Crippen molar-refractivity contribution >= 4 is 39.0 Å². The second-order valence-electron chi connectivity index (χ2n) is 13.8. The SMILES string of the molecule is C1COCCN1.C[C@@H]1[C@@H](C)C/C=C/C(=O)[C@@H]2CC[C@H]2CN2C[C@@]3(CCCc4cc(Cl)ccc43)COc3ccc(cc32)C(=O)NS1(=O)=O. The van der Waals surface area contributed by atoms with Crippen LogP contribution in [-0.2, 0) is 31.4 Å². The molecule has 2 aliphatic carbocycles. The number of nitrogens with one attached hydrogen (secondary N) is 2. The number of ketones is 1. The van der Waals surface area contributed by atoms with Gasteiger partial charge in [0.05, 0.1) is 30.8 Å². The van der Waals surface area contributed by atoms with Crippen molar-refractivity contribution in [2.45, 2.75) is 63.0 Å². The highest BCUT2D eigenvalue weighted by Crippen LogP contribution is 2.46. The van der Waals surface area contributed by atoms with E-state index in [4.69, 9.17) is 21.1 Å². The van der Waals surface area contributed by atoms with Crippen LogP contribution in [0.5, 0.6) is 5.75 Å². The summed E-state index contributed by atoms with van der Waals surface area (Å²) >= 11 is 6.37. The summed E-state index contributed by atoms with van der Waals surface area (Å²) in [5.41, 5.74) is 3.22. The van der Waals surface area contributed by atoms with Gasteiger partial charge in [0.25, 0.3) is 5.91 Å². The number of benzene rings is 2. The van der Waals surface area contributed by atoms with E-state index in [2.05, 4.69) is 27.1 Å². The maximum atomic E-state index is 13.3. The molecule has 0 unspecified atom stereocenters. The molecule has 1 amide bonds. The van der Waals surface area contributed by atoms with Crippen molar-refractivity contribution < 1.29 is 27.5 Å². The minimum Gasteiger partial charge on any atom is -0.490 e. The number of halogens is 1. The van der Waals surface area contributed by atoms with Crippen LogP contribution in [0.1, 0.15) is 67.4 Å². The molecule has 254 valence electrons. The van der Waals surface area contributed by atoms with Gasteiger partial charge in [-0.3, -0.25) is 9.59 Å². The first kappa shape index (κ1) is 34.0. The Balaban J connectivity index is 0.000000580. The standard InChI is InChI=1S/C32H37ClN2O5S.C4H9NO/c1-20-5-3-7-29(36)26-11-8-24(26)17-35-18-32(14-4-6-22-15-25(33)10-12-27(22)32)19-40-30-13-9-23(16-28(30)35)31(37)34-41(38,39)21(20)2;1-3-6-4-2-5-1/h3,7,9-10,12-13,15-16,20-21,24,26H,4-6,8,11,14,17-19H2,1-2H3,(H,34,37);5H,1-4H2/b7-3+;/t20-,21+,24-,26+,32-;/m0./s1. The van der Waals surface area contributed by atoms with Crippen LogP contribution in [0.15, 0.2) is 48.6 Å². The molecule has 2 fully saturated rings. The molecule has 7 rings (SSSR count). The largest absolute Gasteiger partial charge is 0.490 e. The molecule has 1 saturated heterocycles. The number of morpholine rings is 1. The zero-order valence-electron chi connectivity index (χ0n) is 27.3. The van der Waals surface area contributed by atoms with Gasteiger partial charge in [-0.1, -0.05) is 30.7 Å². The third-order valence-corrected chi connectivity index (χ3v) is 12.8. The number of fused-ring (bicyclic) bond motifs is 4. The predicted molar refractivity (Wildman–Crippen MR) is 184 cm³/mol. The summed E-state index contributed by atoms with van der Waals surface area (Å²) in [5.74, 6) is -0.0319. The molecule has 2 N–H and O–H groups in total. The lowest BCUT2D eigenvalue weighted by atomic mass is 9.68. The maximum absolute atomic E-state index is 13.3. The van der Waals surface area contributed by atoms with E-state index in [1.165, 1.54) is 11.1 Å². The first-order valence-corrected chi connectivity index (χ1v) is 18.8. The van der Waals surface area contributed by atoms with Crippen LogP contribution in [-0.4, -0.2) is 71.4 Å². The number of sulfonamides is 1. The van der Waals surface area contributed by atoms with Gasteiger partial charge in [-0.05, 0) is 105 Å². The van der Waals surface area contributed by atoms with Crippen molar-refractivity contribution in [1.82, 2.24) is 10.0 Å². The lowest BCUT2D eigenvalue weighted by molar-refractivity contribution is -0.122. The number of hydrogen-bond donors (Lipinski definition) is 2. The molecule has 11 heteroatoms. The van der Waals surface area contributed by atoms with Crippen LogP contribution in [0.25, 0.3) is 0 Å². The van der Waals surface area contributed by atoms with E-state index < -0.39 is 21.2 Å². The quantitative estimate of drug-likeness (QED) is 0.397. The maximum Gasteiger partial charge on any atom is 0.264 e. The third-order valence-electron chi connectivity index (χ3n) is 10.7. The van der Waals surface area contributed by atoms with Crippen LogP contribution in [0.3, 0.4) is 0 Å². The fraction of sp³-hybridized carbons (Fsp3) is 0.556. The van der Waals surface area contributed by atoms with Crippen molar-refractivity contribution in [3.05, 3.63) is 70.3 Å². The van der Waals surface area contributed by atoms with Gasteiger partial charge in [0.1, 0.15) is 5.75 Å². The van der Waals surface area contributed by atoms with Gasteiger partial charge < -0.3 is 19.7 Å². The number of carbonyl (C=O) groups excluding carboxylic acids is 2. The molecular formula is C36H46ClN3O6S. The second kappa shape index (κ2) is 14.3. The number of amides is 1. The van der Waals surface area contributed by atoms with Crippen molar-refractivity contribution in [3.63, 3.8) is 0 Å². The van der Waals surface area contributed by atoms with Gasteiger partial charge in [-0.25, -0.2) is 13.1 Å². The number of anilines is 1. The van der Waals surface area contributed by atoms with Gasteiger partial charge in [0.15, 0.2) is 5.78 Å². The molecule has 1 spiro atoms. The Morgan fingerprint density at radius 2 is 1.85 bits per heavy atom. The van der Waals surface area contributed by atoms with Crippen LogP contribution in [0.2, 0.25) is 5.02 Å². The normalized spacial score (nSPS) is 31.0. The lowest BCUT2D eigenvalue weighted by Gasteiger charge is -2.44. The van der Waals surface area contributed by atoms with Crippen molar-refractivity contribution in [2.75, 3.05) is 50.9 Å². The Hall–Kier alpha value is -2.92. The molecule has 5 atom stereocenters. The second-order valence-corrected chi connectivity index (χ2v) is 16.3. The molecule has 3 aliphatic heterocycles. The fourth-order valence-electron chi connectivity index (χ4n) is 7.52. The van der Waals surface area contributed by atoms with Crippen molar-refractivity contribution in [1.29, 1.82) is 0 Å². The zero-order chi connectivity index (χ0) is 33.2. The van der Waals surface area contributed by atoms with E-state index in [-0.39, 0.29) is 34.5 Å². The number of rotatable bonds is 0. The van der Waals surface area contributed by atoms with Crippen molar-refractivity contribution in [3.8, 4) is 5.75 Å². The topological polar surface area (TPSA) is 114 Å². The first-order chi connectivity index (χ1) is 22.6. The lowest BCUT2D eigenvalue weighted by Crippen LogP contribution is -2.49. The molecule has 2 aromatic rings. The monoisotopic (exact) mass is 683 g/mol. The third kappa shape index (κ3) is 7.41. The molecule has 0 radical (unpaired) electrons. The Morgan fingerprint density at radius 1 is 1.04 bits per heavy atom. The number of allylic oxidation sites excluding steroid dienone is 2. The molecule has 1 saturated carbocycles. The number of aryl methyl sites for hydroxylation is 1. The summed E-state index contributed by atoms with van der Waals surface area (Å²) in [6.07, 6.45) is 8.60. The number of nitrogens with zero attached hydrogens (tertiary/aromatic N) is 1. The predicted octanol–water partition coefficient (Wildman–Crippen LogP) is 5.06. The Kier molecular flexibility index (Phi) is 10.3. The van der Waals surface area contributed by atoms with Crippen LogP contribution >= 0.6 is 11.6 Å². The summed E-state index contributed by atoms with van der Waals surface area (Å²) in [6.45, 7) is 9.06. The summed E-state index contributed by atoms with van der Waals surface area (Å²) in [7, 11) is -3.93. The Labute approximate surface area is 283 Å². The highest BCUT2D eigenvalue weighted by molar-refractivity contribution is 7.90. The summed E-state index contributed by atoms with van der Waals surface area (Å²) in [6, 6.07) is 11.3. The molecule has 47 heavy (non-hydrogen) atoms.